The molecule has 0 aromatic heterocycles. The molecule has 0 aromatic carbocycles. The van der Waals surface area contributed by atoms with Gasteiger partial charge in [0, 0.05) is 11.0 Å². The van der Waals surface area contributed by atoms with E-state index in [1.165, 1.54) is 56.9 Å². The smallest absolute Gasteiger partial charge is 0.0952 e. The molecule has 2 fully saturated rings. The van der Waals surface area contributed by atoms with E-state index in [1.54, 1.807) is 0 Å². The van der Waals surface area contributed by atoms with E-state index in [1.807, 2.05) is 0 Å². The number of nitrogens with two attached hydrogens (primary N) is 1. The number of nitrogens with zero attached hydrogens (tertiary/aromatic N) is 1. The van der Waals surface area contributed by atoms with Crippen LogP contribution in [-0.4, -0.2) is 6.54 Å². The number of hydrogen-bond acceptors (Lipinski definition) is 2. The third-order valence-corrected chi connectivity index (χ3v) is 4.89. The summed E-state index contributed by atoms with van der Waals surface area (Å²) in [5.41, 5.74) is 8.60. The van der Waals surface area contributed by atoms with Crippen molar-refractivity contribution >= 4 is 0 Å². The first kappa shape index (κ1) is 13.6. The van der Waals surface area contributed by atoms with Gasteiger partial charge in [-0.15, -0.1) is 0 Å². The van der Waals surface area contributed by atoms with Crippen LogP contribution in [0, 0.1) is 16.7 Å². The van der Waals surface area contributed by atoms with Crippen molar-refractivity contribution in [2.45, 2.75) is 70.6 Å². The predicted octanol–water partition coefficient (Wildman–Crippen LogP) is 4.07. The van der Waals surface area contributed by atoms with E-state index in [4.69, 9.17) is 5.73 Å². The summed E-state index contributed by atoms with van der Waals surface area (Å²) in [5, 5.41) is 9.67. The number of allylic oxidation sites excluding steroid dienone is 2. The Hall–Kier alpha value is -0.810. The zero-order chi connectivity index (χ0) is 12.8. The standard InChI is InChI=1S/C16H26N2/c17-12-11-16(9-5-2-6-10-16)15(13-18)14-7-3-1-4-8-14/h1-12,17H2. The van der Waals surface area contributed by atoms with Gasteiger partial charge in [-0.25, -0.2) is 0 Å². The van der Waals surface area contributed by atoms with Crippen LogP contribution in [-0.2, 0) is 0 Å². The Morgan fingerprint density at radius 2 is 1.67 bits per heavy atom. The number of hydrogen-bond donors (Lipinski definition) is 1. The molecule has 2 rings (SSSR count). The molecular weight excluding hydrogens is 220 g/mol. The Morgan fingerprint density at radius 3 is 2.22 bits per heavy atom. The highest BCUT2D eigenvalue weighted by atomic mass is 14.6. The normalized spacial score (nSPS) is 23.4. The molecule has 0 aliphatic heterocycles. The SMILES string of the molecule is N#CC(=C1CCCCC1)C1(CCN)CCCCC1. The largest absolute Gasteiger partial charge is 0.330 e. The fourth-order valence-electron chi connectivity index (χ4n) is 3.93. The Morgan fingerprint density at radius 1 is 1.06 bits per heavy atom. The second kappa shape index (κ2) is 6.38. The van der Waals surface area contributed by atoms with Gasteiger partial charge in [0.2, 0.25) is 0 Å². The van der Waals surface area contributed by atoms with Gasteiger partial charge in [0.15, 0.2) is 0 Å². The van der Waals surface area contributed by atoms with E-state index >= 15 is 0 Å². The summed E-state index contributed by atoms with van der Waals surface area (Å²) in [7, 11) is 0. The first-order valence-corrected chi connectivity index (χ1v) is 7.65. The Balaban J connectivity index is 2.29. The molecule has 0 aromatic rings. The van der Waals surface area contributed by atoms with Crippen LogP contribution < -0.4 is 5.73 Å². The highest BCUT2D eigenvalue weighted by molar-refractivity contribution is 5.36. The minimum Gasteiger partial charge on any atom is -0.330 e. The Labute approximate surface area is 111 Å². The molecule has 0 unspecified atom stereocenters. The molecular formula is C16H26N2. The summed E-state index contributed by atoms with van der Waals surface area (Å²) < 4.78 is 0. The van der Waals surface area contributed by atoms with Gasteiger partial charge in [0.1, 0.15) is 0 Å². The first-order valence-electron chi connectivity index (χ1n) is 7.65. The molecule has 0 radical (unpaired) electrons. The second-order valence-corrected chi connectivity index (χ2v) is 6.03. The average molecular weight is 246 g/mol. The molecule has 18 heavy (non-hydrogen) atoms. The lowest BCUT2D eigenvalue weighted by Crippen LogP contribution is -2.30. The highest BCUT2D eigenvalue weighted by Crippen LogP contribution is 2.47. The zero-order valence-corrected chi connectivity index (χ0v) is 11.5. The van der Waals surface area contributed by atoms with E-state index in [2.05, 4.69) is 6.07 Å². The summed E-state index contributed by atoms with van der Waals surface area (Å²) in [6, 6.07) is 2.59. The van der Waals surface area contributed by atoms with Crippen molar-refractivity contribution in [3.05, 3.63) is 11.1 Å². The van der Waals surface area contributed by atoms with Crippen LogP contribution in [0.1, 0.15) is 70.6 Å². The van der Waals surface area contributed by atoms with Gasteiger partial charge in [-0.05, 0) is 51.5 Å². The van der Waals surface area contributed by atoms with Gasteiger partial charge in [0.05, 0.1) is 6.07 Å². The van der Waals surface area contributed by atoms with Crippen LogP contribution in [0.15, 0.2) is 11.1 Å². The van der Waals surface area contributed by atoms with Crippen LogP contribution in [0.4, 0.5) is 0 Å². The molecule has 2 N–H and O–H groups in total. The molecule has 0 amide bonds. The molecule has 2 heteroatoms. The molecule has 0 bridgehead atoms. The summed E-state index contributed by atoms with van der Waals surface area (Å²) in [6.07, 6.45) is 13.5. The van der Waals surface area contributed by atoms with E-state index in [0.29, 0.717) is 0 Å². The number of nitriles is 1. The maximum atomic E-state index is 9.67. The molecule has 0 atom stereocenters. The lowest BCUT2D eigenvalue weighted by atomic mass is 9.65. The van der Waals surface area contributed by atoms with E-state index in [-0.39, 0.29) is 5.41 Å². The molecule has 2 saturated carbocycles. The van der Waals surface area contributed by atoms with Gasteiger partial charge >= 0.3 is 0 Å². The van der Waals surface area contributed by atoms with Gasteiger partial charge in [0.25, 0.3) is 0 Å². The van der Waals surface area contributed by atoms with Crippen molar-refractivity contribution in [3.8, 4) is 6.07 Å². The molecule has 0 saturated heterocycles. The summed E-state index contributed by atoms with van der Waals surface area (Å²) in [6.45, 7) is 0.721. The van der Waals surface area contributed by atoms with Crippen molar-refractivity contribution in [3.63, 3.8) is 0 Å². The van der Waals surface area contributed by atoms with Gasteiger partial charge in [-0.3, -0.25) is 0 Å². The topological polar surface area (TPSA) is 49.8 Å². The van der Waals surface area contributed by atoms with Crippen LogP contribution in [0.2, 0.25) is 0 Å². The lowest BCUT2D eigenvalue weighted by molar-refractivity contribution is 0.228. The van der Waals surface area contributed by atoms with Crippen molar-refractivity contribution in [2.24, 2.45) is 11.1 Å². The van der Waals surface area contributed by atoms with Gasteiger partial charge in [-0.2, -0.15) is 5.26 Å². The second-order valence-electron chi connectivity index (χ2n) is 6.03. The summed E-state index contributed by atoms with van der Waals surface area (Å²) in [4.78, 5) is 0. The van der Waals surface area contributed by atoms with Crippen molar-refractivity contribution in [2.75, 3.05) is 6.54 Å². The third-order valence-electron chi connectivity index (χ3n) is 4.89. The molecule has 0 heterocycles. The lowest BCUT2D eigenvalue weighted by Gasteiger charge is -2.38. The van der Waals surface area contributed by atoms with E-state index in [0.717, 1.165) is 31.4 Å². The highest BCUT2D eigenvalue weighted by Gasteiger charge is 2.37. The monoisotopic (exact) mass is 246 g/mol. The first-order chi connectivity index (χ1) is 8.82. The molecule has 100 valence electrons. The van der Waals surface area contributed by atoms with Gasteiger partial charge in [-0.1, -0.05) is 31.3 Å². The molecule has 2 aliphatic carbocycles. The van der Waals surface area contributed by atoms with E-state index < -0.39 is 0 Å². The third kappa shape index (κ3) is 2.78. The maximum absolute atomic E-state index is 9.67. The fourth-order valence-corrected chi connectivity index (χ4v) is 3.93. The van der Waals surface area contributed by atoms with Crippen molar-refractivity contribution < 1.29 is 0 Å². The predicted molar refractivity (Wildman–Crippen MR) is 74.9 cm³/mol. The van der Waals surface area contributed by atoms with Crippen LogP contribution in [0.5, 0.6) is 0 Å². The van der Waals surface area contributed by atoms with Crippen LogP contribution in [0.3, 0.4) is 0 Å². The molecule has 2 aliphatic rings. The van der Waals surface area contributed by atoms with Gasteiger partial charge < -0.3 is 5.73 Å². The van der Waals surface area contributed by atoms with Crippen molar-refractivity contribution in [1.82, 2.24) is 0 Å². The van der Waals surface area contributed by atoms with Crippen molar-refractivity contribution in [1.29, 1.82) is 5.26 Å². The molecule has 2 nitrogen and oxygen atoms in total. The van der Waals surface area contributed by atoms with Crippen LogP contribution in [0.25, 0.3) is 0 Å². The maximum Gasteiger partial charge on any atom is 0.0952 e. The molecule has 0 spiro atoms. The summed E-state index contributed by atoms with van der Waals surface area (Å²) in [5.74, 6) is 0. The Kier molecular flexibility index (Phi) is 4.83. The number of rotatable bonds is 3. The minimum absolute atomic E-state index is 0.147. The Bertz CT molecular complexity index is 329. The average Bonchev–Trinajstić information content (AvgIpc) is 2.42. The zero-order valence-electron chi connectivity index (χ0n) is 11.5. The van der Waals surface area contributed by atoms with Crippen LogP contribution >= 0.6 is 0 Å². The summed E-state index contributed by atoms with van der Waals surface area (Å²) >= 11 is 0. The quantitative estimate of drug-likeness (QED) is 0.763. The van der Waals surface area contributed by atoms with E-state index in [9.17, 15) is 5.26 Å². The fraction of sp³-hybridized carbons (Fsp3) is 0.812. The minimum atomic E-state index is 0.147.